The van der Waals surface area contributed by atoms with Crippen LogP contribution in [0.15, 0.2) is 61.2 Å². The summed E-state index contributed by atoms with van der Waals surface area (Å²) in [6.45, 7) is 5.73. The third-order valence-corrected chi connectivity index (χ3v) is 5.32. The van der Waals surface area contributed by atoms with Crippen LogP contribution in [0.2, 0.25) is 10.0 Å². The second-order valence-electron chi connectivity index (χ2n) is 6.80. The molecule has 1 saturated heterocycles. The van der Waals surface area contributed by atoms with Crippen molar-refractivity contribution in [3.8, 4) is 0 Å². The average Bonchev–Trinajstić information content (AvgIpc) is 2.58. The molecule has 0 bridgehead atoms. The molecule has 3 atom stereocenters. The summed E-state index contributed by atoms with van der Waals surface area (Å²) in [6.07, 6.45) is 2.67. The quantitative estimate of drug-likeness (QED) is 0.460. The van der Waals surface area contributed by atoms with Crippen molar-refractivity contribution in [2.45, 2.75) is 31.8 Å². The first-order valence-electron chi connectivity index (χ1n) is 8.26. The summed E-state index contributed by atoms with van der Waals surface area (Å²) in [7, 11) is 0. The summed E-state index contributed by atoms with van der Waals surface area (Å²) in [5, 5.41) is 1.33. The van der Waals surface area contributed by atoms with E-state index in [1.165, 1.54) is 0 Å². The van der Waals surface area contributed by atoms with Gasteiger partial charge in [0.25, 0.3) is 0 Å². The van der Waals surface area contributed by atoms with Gasteiger partial charge in [-0.1, -0.05) is 53.5 Å². The topological polar surface area (TPSA) is 26.3 Å². The highest BCUT2D eigenvalue weighted by molar-refractivity contribution is 6.30. The van der Waals surface area contributed by atoms with Gasteiger partial charge in [0, 0.05) is 16.0 Å². The minimum atomic E-state index is -0.586. The second-order valence-corrected chi connectivity index (χ2v) is 7.67. The van der Waals surface area contributed by atoms with Crippen LogP contribution < -0.4 is 0 Å². The minimum absolute atomic E-state index is 0.0162. The van der Waals surface area contributed by atoms with Crippen LogP contribution in [-0.4, -0.2) is 5.97 Å². The van der Waals surface area contributed by atoms with Crippen LogP contribution in [0.4, 0.5) is 0 Å². The van der Waals surface area contributed by atoms with Crippen LogP contribution in [-0.2, 0) is 9.53 Å². The summed E-state index contributed by atoms with van der Waals surface area (Å²) in [5.41, 5.74) is 1.41. The minimum Gasteiger partial charge on any atom is -0.456 e. The van der Waals surface area contributed by atoms with Crippen LogP contribution >= 0.6 is 23.2 Å². The molecule has 0 radical (unpaired) electrons. The summed E-state index contributed by atoms with van der Waals surface area (Å²) < 4.78 is 5.91. The van der Waals surface area contributed by atoms with E-state index in [1.54, 1.807) is 6.08 Å². The Labute approximate surface area is 158 Å². The van der Waals surface area contributed by atoms with Crippen LogP contribution in [0, 0.1) is 5.41 Å². The van der Waals surface area contributed by atoms with Gasteiger partial charge in [0.2, 0.25) is 0 Å². The Morgan fingerprint density at radius 3 is 2.52 bits per heavy atom. The van der Waals surface area contributed by atoms with E-state index >= 15 is 0 Å². The molecular formula is C21H20Cl2O2. The first-order chi connectivity index (χ1) is 11.9. The molecule has 1 aliphatic heterocycles. The van der Waals surface area contributed by atoms with E-state index in [0.717, 1.165) is 11.1 Å². The number of rotatable bonds is 4. The maximum atomic E-state index is 12.7. The molecule has 3 rings (SSSR count). The predicted octanol–water partition coefficient (Wildman–Crippen LogP) is 6.35. The molecule has 130 valence electrons. The van der Waals surface area contributed by atoms with Gasteiger partial charge >= 0.3 is 5.97 Å². The smallest absolute Gasteiger partial charge is 0.312 e. The molecule has 0 aromatic heterocycles. The number of carbonyl (C=O) groups is 1. The van der Waals surface area contributed by atoms with E-state index in [0.29, 0.717) is 22.9 Å². The molecule has 0 aliphatic carbocycles. The highest BCUT2D eigenvalue weighted by Gasteiger charge is 2.46. The maximum absolute atomic E-state index is 12.7. The largest absolute Gasteiger partial charge is 0.456 e. The summed E-state index contributed by atoms with van der Waals surface area (Å²) in [4.78, 5) is 12.7. The fraction of sp³-hybridized carbons (Fsp3) is 0.286. The molecule has 0 spiro atoms. The Hall–Kier alpha value is -1.77. The van der Waals surface area contributed by atoms with Gasteiger partial charge in [-0.05, 0) is 55.2 Å². The lowest BCUT2D eigenvalue weighted by Gasteiger charge is -2.41. The van der Waals surface area contributed by atoms with Crippen LogP contribution in [0.5, 0.6) is 0 Å². The van der Waals surface area contributed by atoms with Gasteiger partial charge in [-0.2, -0.15) is 0 Å². The molecule has 0 N–H and O–H groups in total. The molecule has 2 aromatic carbocycles. The lowest BCUT2D eigenvalue weighted by Crippen LogP contribution is -2.39. The van der Waals surface area contributed by atoms with E-state index < -0.39 is 5.41 Å². The lowest BCUT2D eigenvalue weighted by atomic mass is 9.71. The molecule has 4 heteroatoms. The van der Waals surface area contributed by atoms with Crippen molar-refractivity contribution < 1.29 is 9.53 Å². The molecule has 25 heavy (non-hydrogen) atoms. The number of allylic oxidation sites excluding steroid dienone is 1. The fourth-order valence-electron chi connectivity index (χ4n) is 3.48. The molecular weight excluding hydrogens is 355 g/mol. The Bertz CT molecular complexity index is 785. The highest BCUT2D eigenvalue weighted by Crippen LogP contribution is 2.49. The Balaban J connectivity index is 2.03. The van der Waals surface area contributed by atoms with Crippen molar-refractivity contribution in [1.29, 1.82) is 0 Å². The first-order valence-corrected chi connectivity index (χ1v) is 9.01. The van der Waals surface area contributed by atoms with Gasteiger partial charge in [0.1, 0.15) is 6.10 Å². The third-order valence-electron chi connectivity index (χ3n) is 4.83. The Kier molecular flexibility index (Phi) is 5.21. The molecule has 0 amide bonds. The number of halogens is 2. The molecule has 2 aromatic rings. The van der Waals surface area contributed by atoms with Crippen molar-refractivity contribution in [2.75, 3.05) is 0 Å². The zero-order valence-electron chi connectivity index (χ0n) is 14.0. The molecule has 2 unspecified atom stereocenters. The number of ether oxygens (including phenoxy) is 1. The van der Waals surface area contributed by atoms with Crippen molar-refractivity contribution in [3.63, 3.8) is 0 Å². The second kappa shape index (κ2) is 7.23. The van der Waals surface area contributed by atoms with Gasteiger partial charge in [-0.25, -0.2) is 0 Å². The summed E-state index contributed by atoms with van der Waals surface area (Å²) in [6, 6.07) is 15.2. The third kappa shape index (κ3) is 3.75. The number of hydrogen-bond donors (Lipinski definition) is 0. The van der Waals surface area contributed by atoms with E-state index in [1.807, 2.05) is 55.5 Å². The van der Waals surface area contributed by atoms with Gasteiger partial charge in [0.15, 0.2) is 0 Å². The standard InChI is InChI=1S/C21H20Cl2O2/c1-3-11-21(2)13-18(15-5-4-6-17(23)12-15)19(25-20(21)24)14-7-9-16(22)10-8-14/h3-10,12,18-19H,1,11,13H2,2H3/t18?,19?,21-/m1/s1. The molecule has 0 saturated carbocycles. The molecule has 2 nitrogen and oxygen atoms in total. The highest BCUT2D eigenvalue weighted by atomic mass is 35.5. The summed E-state index contributed by atoms with van der Waals surface area (Å²) in [5.74, 6) is -0.173. The zero-order valence-corrected chi connectivity index (χ0v) is 15.6. The van der Waals surface area contributed by atoms with E-state index in [-0.39, 0.29) is 18.0 Å². The van der Waals surface area contributed by atoms with Crippen molar-refractivity contribution in [3.05, 3.63) is 82.4 Å². The Morgan fingerprint density at radius 1 is 1.16 bits per heavy atom. The normalized spacial score (nSPS) is 26.1. The molecule has 1 aliphatic rings. The SMILES string of the molecule is C=CC[C@]1(C)CC(c2cccc(Cl)c2)C(c2ccc(Cl)cc2)OC1=O. The predicted molar refractivity (Wildman–Crippen MR) is 102 cm³/mol. The van der Waals surface area contributed by atoms with Gasteiger partial charge in [0.05, 0.1) is 5.41 Å². The first kappa shape index (κ1) is 18.0. The Morgan fingerprint density at radius 2 is 1.88 bits per heavy atom. The fourth-order valence-corrected chi connectivity index (χ4v) is 3.81. The number of hydrogen-bond acceptors (Lipinski definition) is 2. The number of esters is 1. The van der Waals surface area contributed by atoms with Crippen molar-refractivity contribution >= 4 is 29.2 Å². The van der Waals surface area contributed by atoms with Crippen LogP contribution in [0.25, 0.3) is 0 Å². The lowest BCUT2D eigenvalue weighted by molar-refractivity contribution is -0.171. The van der Waals surface area contributed by atoms with E-state index in [2.05, 4.69) is 6.58 Å². The van der Waals surface area contributed by atoms with Crippen LogP contribution in [0.3, 0.4) is 0 Å². The summed E-state index contributed by atoms with van der Waals surface area (Å²) >= 11 is 12.2. The molecule has 1 heterocycles. The number of carbonyl (C=O) groups excluding carboxylic acids is 1. The molecule has 1 fully saturated rings. The van der Waals surface area contributed by atoms with Gasteiger partial charge < -0.3 is 4.74 Å². The van der Waals surface area contributed by atoms with Crippen molar-refractivity contribution in [2.24, 2.45) is 5.41 Å². The number of benzene rings is 2. The van der Waals surface area contributed by atoms with E-state index in [4.69, 9.17) is 27.9 Å². The van der Waals surface area contributed by atoms with Crippen molar-refractivity contribution in [1.82, 2.24) is 0 Å². The van der Waals surface area contributed by atoms with Gasteiger partial charge in [-0.15, -0.1) is 6.58 Å². The monoisotopic (exact) mass is 374 g/mol. The van der Waals surface area contributed by atoms with Gasteiger partial charge in [-0.3, -0.25) is 4.79 Å². The van der Waals surface area contributed by atoms with E-state index in [9.17, 15) is 4.79 Å². The average molecular weight is 375 g/mol. The van der Waals surface area contributed by atoms with Crippen LogP contribution in [0.1, 0.15) is 42.9 Å². The number of cyclic esters (lactones) is 1. The zero-order chi connectivity index (χ0) is 18.0. The maximum Gasteiger partial charge on any atom is 0.312 e.